The molecule has 0 fully saturated rings. The fourth-order valence-electron chi connectivity index (χ4n) is 1.29. The standard InChI is InChI=1S/C11H15NO/c1-11(2,3)8-9-4-6-10(12-13)7-5-9/h4-7H,8H2,1-3H3. The summed E-state index contributed by atoms with van der Waals surface area (Å²) in [4.78, 5) is 10.2. The van der Waals surface area contributed by atoms with Gasteiger partial charge in [-0.1, -0.05) is 32.9 Å². The average molecular weight is 177 g/mol. The minimum absolute atomic E-state index is 0.288. The van der Waals surface area contributed by atoms with Crippen molar-refractivity contribution in [3.8, 4) is 0 Å². The summed E-state index contributed by atoms with van der Waals surface area (Å²) in [6.07, 6.45) is 1.02. The van der Waals surface area contributed by atoms with Gasteiger partial charge in [0.25, 0.3) is 0 Å². The highest BCUT2D eigenvalue weighted by molar-refractivity contribution is 5.38. The second-order valence-corrected chi connectivity index (χ2v) is 4.50. The van der Waals surface area contributed by atoms with Gasteiger partial charge in [0.15, 0.2) is 0 Å². The Hall–Kier alpha value is -1.18. The molecule has 0 aromatic heterocycles. The fraction of sp³-hybridized carbons (Fsp3) is 0.455. The summed E-state index contributed by atoms with van der Waals surface area (Å²) in [6.45, 7) is 6.58. The number of hydrogen-bond donors (Lipinski definition) is 0. The Morgan fingerprint density at radius 1 is 1.15 bits per heavy atom. The lowest BCUT2D eigenvalue weighted by Gasteiger charge is -2.17. The van der Waals surface area contributed by atoms with E-state index in [1.54, 1.807) is 12.1 Å². The molecule has 0 saturated heterocycles. The van der Waals surface area contributed by atoms with Crippen LogP contribution < -0.4 is 0 Å². The van der Waals surface area contributed by atoms with Crippen LogP contribution in [0, 0.1) is 10.3 Å². The van der Waals surface area contributed by atoms with E-state index in [0.29, 0.717) is 5.69 Å². The van der Waals surface area contributed by atoms with Crippen LogP contribution in [-0.2, 0) is 6.42 Å². The van der Waals surface area contributed by atoms with Crippen LogP contribution in [0.25, 0.3) is 0 Å². The molecule has 70 valence electrons. The first-order valence-corrected chi connectivity index (χ1v) is 4.43. The maximum atomic E-state index is 10.2. The van der Waals surface area contributed by atoms with Gasteiger partial charge in [-0.3, -0.25) is 0 Å². The van der Waals surface area contributed by atoms with E-state index < -0.39 is 0 Å². The lowest BCUT2D eigenvalue weighted by molar-refractivity contribution is 0.411. The van der Waals surface area contributed by atoms with Gasteiger partial charge in [0.1, 0.15) is 5.69 Å². The van der Waals surface area contributed by atoms with Crippen LogP contribution in [0.3, 0.4) is 0 Å². The Labute approximate surface area is 79.0 Å². The van der Waals surface area contributed by atoms with Crippen LogP contribution in [0.1, 0.15) is 26.3 Å². The zero-order chi connectivity index (χ0) is 9.90. The average Bonchev–Trinajstić information content (AvgIpc) is 2.03. The van der Waals surface area contributed by atoms with Gasteiger partial charge in [-0.15, -0.1) is 4.91 Å². The van der Waals surface area contributed by atoms with Gasteiger partial charge in [-0.2, -0.15) is 0 Å². The molecule has 0 amide bonds. The third kappa shape index (κ3) is 3.36. The summed E-state index contributed by atoms with van der Waals surface area (Å²) in [6, 6.07) is 7.44. The van der Waals surface area contributed by atoms with Gasteiger partial charge in [-0.25, -0.2) is 0 Å². The van der Waals surface area contributed by atoms with E-state index in [4.69, 9.17) is 0 Å². The third-order valence-corrected chi connectivity index (χ3v) is 1.78. The molecule has 0 spiro atoms. The van der Waals surface area contributed by atoms with Crippen molar-refractivity contribution in [3.05, 3.63) is 34.7 Å². The van der Waals surface area contributed by atoms with Crippen LogP contribution in [0.2, 0.25) is 0 Å². The van der Waals surface area contributed by atoms with Crippen molar-refractivity contribution in [1.29, 1.82) is 0 Å². The fourth-order valence-corrected chi connectivity index (χ4v) is 1.29. The van der Waals surface area contributed by atoms with E-state index in [9.17, 15) is 4.91 Å². The smallest absolute Gasteiger partial charge is 0.108 e. The highest BCUT2D eigenvalue weighted by Gasteiger charge is 2.10. The van der Waals surface area contributed by atoms with Crippen molar-refractivity contribution in [2.24, 2.45) is 10.6 Å². The van der Waals surface area contributed by atoms with Crippen LogP contribution >= 0.6 is 0 Å². The topological polar surface area (TPSA) is 29.4 Å². The van der Waals surface area contributed by atoms with Crippen molar-refractivity contribution in [1.82, 2.24) is 0 Å². The van der Waals surface area contributed by atoms with Gasteiger partial charge >= 0.3 is 0 Å². The van der Waals surface area contributed by atoms with Crippen molar-refractivity contribution < 1.29 is 0 Å². The predicted molar refractivity (Wildman–Crippen MR) is 55.1 cm³/mol. The van der Waals surface area contributed by atoms with Crippen molar-refractivity contribution >= 4 is 5.69 Å². The molecule has 0 N–H and O–H groups in total. The molecule has 2 heteroatoms. The molecule has 0 radical (unpaired) electrons. The zero-order valence-corrected chi connectivity index (χ0v) is 8.37. The first kappa shape index (κ1) is 9.90. The molecule has 1 aromatic rings. The normalized spacial score (nSPS) is 11.3. The first-order valence-electron chi connectivity index (χ1n) is 4.43. The number of nitroso groups, excluding NO2 is 1. The SMILES string of the molecule is CC(C)(C)Cc1ccc(N=O)cc1. The van der Waals surface area contributed by atoms with Gasteiger partial charge in [0.05, 0.1) is 0 Å². The van der Waals surface area contributed by atoms with Gasteiger partial charge in [-0.05, 0) is 34.7 Å². The molecule has 1 aromatic carbocycles. The van der Waals surface area contributed by atoms with Gasteiger partial charge in [0, 0.05) is 0 Å². The van der Waals surface area contributed by atoms with Crippen LogP contribution in [0.15, 0.2) is 29.4 Å². The molecule has 0 bridgehead atoms. The molecule has 0 aliphatic rings. The molecule has 0 unspecified atom stereocenters. The summed E-state index contributed by atoms with van der Waals surface area (Å²) in [5, 5.41) is 2.86. The van der Waals surface area contributed by atoms with E-state index in [-0.39, 0.29) is 5.41 Å². The highest BCUT2D eigenvalue weighted by atomic mass is 16.3. The van der Waals surface area contributed by atoms with E-state index in [2.05, 4.69) is 25.9 Å². The van der Waals surface area contributed by atoms with E-state index >= 15 is 0 Å². The van der Waals surface area contributed by atoms with Crippen LogP contribution in [-0.4, -0.2) is 0 Å². The predicted octanol–water partition coefficient (Wildman–Crippen LogP) is 3.67. The lowest BCUT2D eigenvalue weighted by Crippen LogP contribution is -2.08. The Kier molecular flexibility index (Phi) is 2.81. The maximum Gasteiger partial charge on any atom is 0.108 e. The number of benzene rings is 1. The molecular formula is C11H15NO. The minimum atomic E-state index is 0.288. The molecule has 0 aliphatic heterocycles. The second kappa shape index (κ2) is 3.69. The number of nitrogens with zero attached hydrogens (tertiary/aromatic N) is 1. The summed E-state index contributed by atoms with van der Waals surface area (Å²) in [5.74, 6) is 0. The quantitative estimate of drug-likeness (QED) is 0.634. The largest absolute Gasteiger partial charge is 0.145 e. The Morgan fingerprint density at radius 2 is 1.69 bits per heavy atom. The Balaban J connectivity index is 2.75. The van der Waals surface area contributed by atoms with Crippen LogP contribution in [0.5, 0.6) is 0 Å². The molecule has 0 aliphatic carbocycles. The number of rotatable bonds is 2. The van der Waals surface area contributed by atoms with Crippen molar-refractivity contribution in [2.45, 2.75) is 27.2 Å². The molecule has 0 heterocycles. The molecule has 0 saturated carbocycles. The minimum Gasteiger partial charge on any atom is -0.145 e. The van der Waals surface area contributed by atoms with E-state index in [1.165, 1.54) is 5.56 Å². The molecule has 1 rings (SSSR count). The summed E-state index contributed by atoms with van der Waals surface area (Å²) in [7, 11) is 0. The Bertz CT molecular complexity index is 282. The lowest BCUT2D eigenvalue weighted by atomic mass is 9.88. The Morgan fingerprint density at radius 3 is 2.08 bits per heavy atom. The molecule has 0 atom stereocenters. The summed E-state index contributed by atoms with van der Waals surface area (Å²) >= 11 is 0. The monoisotopic (exact) mass is 177 g/mol. The van der Waals surface area contributed by atoms with E-state index in [0.717, 1.165) is 6.42 Å². The summed E-state index contributed by atoms with van der Waals surface area (Å²) < 4.78 is 0. The van der Waals surface area contributed by atoms with Gasteiger partial charge in [0.2, 0.25) is 0 Å². The third-order valence-electron chi connectivity index (χ3n) is 1.78. The second-order valence-electron chi connectivity index (χ2n) is 4.50. The van der Waals surface area contributed by atoms with Crippen molar-refractivity contribution in [2.75, 3.05) is 0 Å². The molecular weight excluding hydrogens is 162 g/mol. The highest BCUT2D eigenvalue weighted by Crippen LogP contribution is 2.22. The van der Waals surface area contributed by atoms with Gasteiger partial charge < -0.3 is 0 Å². The summed E-state index contributed by atoms with van der Waals surface area (Å²) in [5.41, 5.74) is 2.04. The van der Waals surface area contributed by atoms with E-state index in [1.807, 2.05) is 12.1 Å². The maximum absolute atomic E-state index is 10.2. The van der Waals surface area contributed by atoms with Crippen LogP contribution in [0.4, 0.5) is 5.69 Å². The van der Waals surface area contributed by atoms with Crippen molar-refractivity contribution in [3.63, 3.8) is 0 Å². The molecule has 13 heavy (non-hydrogen) atoms. The zero-order valence-electron chi connectivity index (χ0n) is 8.37. The molecule has 2 nitrogen and oxygen atoms in total. The number of hydrogen-bond acceptors (Lipinski definition) is 2. The first-order chi connectivity index (χ1) is 6.01.